The Morgan fingerprint density at radius 3 is 2.22 bits per heavy atom. The number of hydrogen-bond acceptors (Lipinski definition) is 3. The van der Waals surface area contributed by atoms with Crippen molar-refractivity contribution in [3.05, 3.63) is 107 Å². The second-order valence-corrected chi connectivity index (χ2v) is 9.66. The number of benzene rings is 4. The molecule has 0 bridgehead atoms. The van der Waals surface area contributed by atoms with Crippen molar-refractivity contribution in [2.24, 2.45) is 0 Å². The fourth-order valence-corrected chi connectivity index (χ4v) is 5.19. The second kappa shape index (κ2) is 8.55. The van der Waals surface area contributed by atoms with E-state index >= 15 is 0 Å². The van der Waals surface area contributed by atoms with Crippen molar-refractivity contribution in [3.8, 4) is 0 Å². The average molecular weight is 449 g/mol. The summed E-state index contributed by atoms with van der Waals surface area (Å²) in [5.74, 6) is -1.30. The van der Waals surface area contributed by atoms with Gasteiger partial charge in [-0.2, -0.15) is 0 Å². The van der Waals surface area contributed by atoms with Crippen LogP contribution < -0.4 is 0 Å². The van der Waals surface area contributed by atoms with Crippen molar-refractivity contribution in [1.29, 1.82) is 0 Å². The zero-order valence-corrected chi connectivity index (χ0v) is 18.2. The van der Waals surface area contributed by atoms with E-state index in [9.17, 15) is 22.7 Å². The number of carboxylic acid groups (broad SMARTS) is 1. The SMILES string of the molecule is Cc1c(CC(=O)O)cc2ccc(F)cc2c1Cc1ccc(S(=O)(=O)c2ccccc2)cc1. The van der Waals surface area contributed by atoms with E-state index in [4.69, 9.17) is 0 Å². The molecule has 4 aromatic carbocycles. The molecule has 0 aliphatic carbocycles. The van der Waals surface area contributed by atoms with Crippen LogP contribution in [0.1, 0.15) is 22.3 Å². The van der Waals surface area contributed by atoms with Crippen LogP contribution >= 0.6 is 0 Å². The van der Waals surface area contributed by atoms with Gasteiger partial charge in [0.1, 0.15) is 5.82 Å². The highest BCUT2D eigenvalue weighted by Gasteiger charge is 2.18. The molecule has 0 radical (unpaired) electrons. The highest BCUT2D eigenvalue weighted by molar-refractivity contribution is 7.91. The van der Waals surface area contributed by atoms with Crippen molar-refractivity contribution in [1.82, 2.24) is 0 Å². The number of sulfone groups is 1. The van der Waals surface area contributed by atoms with Gasteiger partial charge in [0.25, 0.3) is 0 Å². The molecular weight excluding hydrogens is 427 g/mol. The number of carboxylic acids is 1. The molecule has 4 nitrogen and oxygen atoms in total. The maximum Gasteiger partial charge on any atom is 0.307 e. The number of halogens is 1. The normalized spacial score (nSPS) is 11.6. The standard InChI is InChI=1S/C26H21FO4S/c1-17-20(15-26(28)29)14-19-9-10-21(27)16-25(19)24(17)13-18-7-11-23(12-8-18)32(30,31)22-5-3-2-4-6-22/h2-12,14,16H,13,15H2,1H3,(H,28,29). The van der Waals surface area contributed by atoms with Gasteiger partial charge in [0.05, 0.1) is 16.2 Å². The monoisotopic (exact) mass is 448 g/mol. The Balaban J connectivity index is 1.74. The number of fused-ring (bicyclic) bond motifs is 1. The van der Waals surface area contributed by atoms with E-state index in [1.165, 1.54) is 12.1 Å². The van der Waals surface area contributed by atoms with E-state index in [2.05, 4.69) is 0 Å². The van der Waals surface area contributed by atoms with Crippen LogP contribution in [0.5, 0.6) is 0 Å². The predicted molar refractivity (Wildman–Crippen MR) is 121 cm³/mol. The molecule has 4 aromatic rings. The Labute approximate surface area is 185 Å². The minimum atomic E-state index is -3.61. The summed E-state index contributed by atoms with van der Waals surface area (Å²) in [6.45, 7) is 1.84. The fraction of sp³-hybridized carbons (Fsp3) is 0.115. The number of aliphatic carboxylic acids is 1. The summed E-state index contributed by atoms with van der Waals surface area (Å²) in [6.07, 6.45) is 0.297. The van der Waals surface area contributed by atoms with Crippen molar-refractivity contribution in [2.75, 3.05) is 0 Å². The second-order valence-electron chi connectivity index (χ2n) is 7.71. The number of carbonyl (C=O) groups is 1. The Morgan fingerprint density at radius 2 is 1.56 bits per heavy atom. The minimum absolute atomic E-state index is 0.125. The lowest BCUT2D eigenvalue weighted by atomic mass is 9.90. The van der Waals surface area contributed by atoms with E-state index in [0.717, 1.165) is 27.5 Å². The highest BCUT2D eigenvalue weighted by atomic mass is 32.2. The lowest BCUT2D eigenvalue weighted by molar-refractivity contribution is -0.136. The van der Waals surface area contributed by atoms with Crippen LogP contribution in [0.3, 0.4) is 0 Å². The topological polar surface area (TPSA) is 71.4 Å². The van der Waals surface area contributed by atoms with Crippen molar-refractivity contribution >= 4 is 26.6 Å². The van der Waals surface area contributed by atoms with Crippen LogP contribution in [-0.4, -0.2) is 19.5 Å². The molecule has 0 amide bonds. The van der Waals surface area contributed by atoms with E-state index in [-0.39, 0.29) is 22.0 Å². The molecule has 1 N–H and O–H groups in total. The van der Waals surface area contributed by atoms with Crippen LogP contribution in [0.25, 0.3) is 10.8 Å². The maximum atomic E-state index is 14.0. The summed E-state index contributed by atoms with van der Waals surface area (Å²) in [5, 5.41) is 10.8. The Bertz CT molecular complexity index is 1410. The third kappa shape index (κ3) is 4.27. The third-order valence-electron chi connectivity index (χ3n) is 5.61. The van der Waals surface area contributed by atoms with Gasteiger partial charge in [-0.25, -0.2) is 12.8 Å². The largest absolute Gasteiger partial charge is 0.481 e. The van der Waals surface area contributed by atoms with Gasteiger partial charge in [-0.1, -0.05) is 42.5 Å². The van der Waals surface area contributed by atoms with E-state index in [1.54, 1.807) is 66.7 Å². The lowest BCUT2D eigenvalue weighted by Crippen LogP contribution is -2.06. The molecule has 0 unspecified atom stereocenters. The molecule has 32 heavy (non-hydrogen) atoms. The first-order chi connectivity index (χ1) is 15.3. The molecule has 4 rings (SSSR count). The molecule has 0 saturated carbocycles. The summed E-state index contributed by atoms with van der Waals surface area (Å²) in [6, 6.07) is 21.1. The third-order valence-corrected chi connectivity index (χ3v) is 7.40. The van der Waals surface area contributed by atoms with Gasteiger partial charge >= 0.3 is 5.97 Å². The quantitative estimate of drug-likeness (QED) is 0.432. The smallest absolute Gasteiger partial charge is 0.307 e. The van der Waals surface area contributed by atoms with Gasteiger partial charge < -0.3 is 5.11 Å². The molecule has 0 aliphatic heterocycles. The van der Waals surface area contributed by atoms with Gasteiger partial charge in [0, 0.05) is 0 Å². The van der Waals surface area contributed by atoms with Gasteiger partial charge in [-0.3, -0.25) is 4.79 Å². The average Bonchev–Trinajstić information content (AvgIpc) is 2.77. The molecule has 0 saturated heterocycles. The first kappa shape index (κ1) is 21.7. The summed E-state index contributed by atoms with van der Waals surface area (Å²) >= 11 is 0. The highest BCUT2D eigenvalue weighted by Crippen LogP contribution is 2.30. The Kier molecular flexibility index (Phi) is 5.80. The van der Waals surface area contributed by atoms with E-state index in [1.807, 2.05) is 6.92 Å². The van der Waals surface area contributed by atoms with Crippen LogP contribution in [0.4, 0.5) is 4.39 Å². The van der Waals surface area contributed by atoms with Crippen molar-refractivity contribution in [3.63, 3.8) is 0 Å². The molecule has 0 heterocycles. The lowest BCUT2D eigenvalue weighted by Gasteiger charge is -2.15. The van der Waals surface area contributed by atoms with Crippen molar-refractivity contribution < 1.29 is 22.7 Å². The van der Waals surface area contributed by atoms with Crippen molar-refractivity contribution in [2.45, 2.75) is 29.6 Å². The maximum absolute atomic E-state index is 14.0. The van der Waals surface area contributed by atoms with Crippen LogP contribution in [-0.2, 0) is 27.5 Å². The Hall–Kier alpha value is -3.51. The molecule has 162 valence electrons. The molecule has 0 spiro atoms. The first-order valence-electron chi connectivity index (χ1n) is 10.1. The predicted octanol–water partition coefficient (Wildman–Crippen LogP) is 5.34. The molecular formula is C26H21FO4S. The Morgan fingerprint density at radius 1 is 0.906 bits per heavy atom. The van der Waals surface area contributed by atoms with E-state index < -0.39 is 15.8 Å². The summed E-state index contributed by atoms with van der Waals surface area (Å²) in [7, 11) is -3.61. The zero-order chi connectivity index (χ0) is 22.9. The molecule has 0 aromatic heterocycles. The van der Waals surface area contributed by atoms with E-state index in [0.29, 0.717) is 12.0 Å². The first-order valence-corrected chi connectivity index (χ1v) is 11.6. The minimum Gasteiger partial charge on any atom is -0.481 e. The number of hydrogen-bond donors (Lipinski definition) is 1. The van der Waals surface area contributed by atoms with Gasteiger partial charge in [0.2, 0.25) is 9.84 Å². The van der Waals surface area contributed by atoms with Crippen LogP contribution in [0.15, 0.2) is 88.7 Å². The molecule has 0 fully saturated rings. The fourth-order valence-electron chi connectivity index (χ4n) is 3.91. The molecule has 6 heteroatoms. The summed E-state index contributed by atoms with van der Waals surface area (Å²) in [4.78, 5) is 11.7. The van der Waals surface area contributed by atoms with Crippen LogP contribution in [0.2, 0.25) is 0 Å². The van der Waals surface area contributed by atoms with Crippen LogP contribution in [0, 0.1) is 12.7 Å². The molecule has 0 aliphatic rings. The number of rotatable bonds is 6. The van der Waals surface area contributed by atoms with Gasteiger partial charge in [-0.15, -0.1) is 0 Å². The molecule has 0 atom stereocenters. The van der Waals surface area contributed by atoms with Gasteiger partial charge in [0.15, 0.2) is 0 Å². The summed E-state index contributed by atoms with van der Waals surface area (Å²) < 4.78 is 39.6. The van der Waals surface area contributed by atoms with Gasteiger partial charge in [-0.05, 0) is 82.8 Å². The zero-order valence-electron chi connectivity index (χ0n) is 17.4. The summed E-state index contributed by atoms with van der Waals surface area (Å²) in [5.41, 5.74) is 3.15.